The first kappa shape index (κ1) is 35.1. The van der Waals surface area contributed by atoms with E-state index in [0.717, 1.165) is 38.5 Å². The fraction of sp³-hybridized carbons (Fsp3) is 0.839. The summed E-state index contributed by atoms with van der Waals surface area (Å²) < 4.78 is 29.5. The molecule has 3 fully saturated rings. The van der Waals surface area contributed by atoms with Crippen molar-refractivity contribution in [3.63, 3.8) is 0 Å². The second kappa shape index (κ2) is 16.1. The van der Waals surface area contributed by atoms with E-state index < -0.39 is 29.9 Å². The van der Waals surface area contributed by atoms with Gasteiger partial charge in [-0.2, -0.15) is 0 Å². The molecule has 3 aliphatic rings. The third-order valence-corrected chi connectivity index (χ3v) is 8.88. The van der Waals surface area contributed by atoms with E-state index in [2.05, 4.69) is 42.8 Å². The van der Waals surface area contributed by atoms with Crippen molar-refractivity contribution in [2.75, 3.05) is 40.0 Å². The molecule has 7 atom stereocenters. The van der Waals surface area contributed by atoms with Crippen LogP contribution < -0.4 is 21.7 Å². The predicted octanol–water partition coefficient (Wildman–Crippen LogP) is 3.18. The van der Waals surface area contributed by atoms with E-state index in [4.69, 9.17) is 29.4 Å². The van der Waals surface area contributed by atoms with Crippen LogP contribution in [0, 0.1) is 11.8 Å². The van der Waals surface area contributed by atoms with Gasteiger partial charge in [-0.25, -0.2) is 9.59 Å². The first-order valence-electron chi connectivity index (χ1n) is 15.8. The average Bonchev–Trinajstić information content (AvgIpc) is 3.88. The molecule has 1 saturated carbocycles. The van der Waals surface area contributed by atoms with Crippen LogP contribution >= 0.6 is 0 Å². The Morgan fingerprint density at radius 2 is 1.74 bits per heavy atom. The van der Waals surface area contributed by atoms with E-state index in [0.29, 0.717) is 26.1 Å². The molecule has 12 nitrogen and oxygen atoms in total. The molecular formula is C31H54N4O8. The number of epoxide rings is 2. The van der Waals surface area contributed by atoms with E-state index in [-0.39, 0.29) is 48.7 Å². The molecule has 3 rings (SSSR count). The lowest BCUT2D eigenvalue weighted by Gasteiger charge is -2.42. The molecule has 2 heterocycles. The first-order valence-corrected chi connectivity index (χ1v) is 15.8. The number of ether oxygens (including phenoxy) is 5. The zero-order valence-electron chi connectivity index (χ0n) is 26.9. The zero-order chi connectivity index (χ0) is 31.6. The summed E-state index contributed by atoms with van der Waals surface area (Å²) in [5.74, 6) is -0.204. The Labute approximate surface area is 256 Å². The van der Waals surface area contributed by atoms with Crippen LogP contribution in [-0.2, 0) is 28.5 Å². The topological polar surface area (TPSA) is 166 Å². The molecule has 246 valence electrons. The smallest absolute Gasteiger partial charge is 0.407 e. The summed E-state index contributed by atoms with van der Waals surface area (Å²) in [6.07, 6.45) is 6.09. The van der Waals surface area contributed by atoms with Gasteiger partial charge in [-0.05, 0) is 58.8 Å². The Morgan fingerprint density at radius 3 is 2.33 bits per heavy atom. The number of nitrogens with one attached hydrogen (secondary N) is 3. The SMILES string of the molecule is COC1C(OC(=O)N[C@@H](COC(=O)NCCCCCCNC(=O)CN)C(C)C)CC[C@]2(CO2)C1C1(C)O[C@@H]1CC=C(C)C. The number of unbranched alkanes of at least 4 members (excludes halogenated alkanes) is 3. The van der Waals surface area contributed by atoms with Crippen LogP contribution in [-0.4, -0.2) is 93.6 Å². The molecular weight excluding hydrogens is 556 g/mol. The summed E-state index contributed by atoms with van der Waals surface area (Å²) in [7, 11) is 1.65. The quantitative estimate of drug-likeness (QED) is 0.110. The van der Waals surface area contributed by atoms with Crippen molar-refractivity contribution in [1.82, 2.24) is 16.0 Å². The highest BCUT2D eigenvalue weighted by Crippen LogP contribution is 2.59. The lowest BCUT2D eigenvalue weighted by molar-refractivity contribution is -0.119. The minimum atomic E-state index is -0.563. The molecule has 0 radical (unpaired) electrons. The molecule has 3 amide bonds. The van der Waals surface area contributed by atoms with Crippen LogP contribution in [0.3, 0.4) is 0 Å². The highest BCUT2D eigenvalue weighted by Gasteiger charge is 2.72. The monoisotopic (exact) mass is 610 g/mol. The lowest BCUT2D eigenvalue weighted by Crippen LogP contribution is -2.56. The van der Waals surface area contributed by atoms with Crippen molar-refractivity contribution >= 4 is 18.1 Å². The number of methoxy groups -OCH3 is 1. The molecule has 12 heteroatoms. The number of allylic oxidation sites excluding steroid dienone is 1. The van der Waals surface area contributed by atoms with Crippen LogP contribution in [0.4, 0.5) is 9.59 Å². The summed E-state index contributed by atoms with van der Waals surface area (Å²) in [6, 6.07) is -0.418. The zero-order valence-corrected chi connectivity index (χ0v) is 26.9. The fourth-order valence-corrected chi connectivity index (χ4v) is 6.10. The number of carbonyl (C=O) groups is 3. The van der Waals surface area contributed by atoms with Crippen LogP contribution in [0.5, 0.6) is 0 Å². The van der Waals surface area contributed by atoms with Gasteiger partial charge in [0.25, 0.3) is 0 Å². The Bertz CT molecular complexity index is 967. The lowest BCUT2D eigenvalue weighted by atomic mass is 9.68. The molecule has 2 aliphatic heterocycles. The maximum absolute atomic E-state index is 13.1. The van der Waals surface area contributed by atoms with Gasteiger partial charge in [0.15, 0.2) is 0 Å². The summed E-state index contributed by atoms with van der Waals surface area (Å²) in [5.41, 5.74) is 5.80. The van der Waals surface area contributed by atoms with Gasteiger partial charge in [0.1, 0.15) is 30.0 Å². The number of alkyl carbamates (subject to hydrolysis) is 2. The predicted molar refractivity (Wildman–Crippen MR) is 161 cm³/mol. The number of amides is 3. The van der Waals surface area contributed by atoms with E-state index in [9.17, 15) is 14.4 Å². The van der Waals surface area contributed by atoms with Gasteiger partial charge in [0.05, 0.1) is 31.2 Å². The van der Waals surface area contributed by atoms with Crippen molar-refractivity contribution in [2.45, 2.75) is 115 Å². The Kier molecular flexibility index (Phi) is 13.1. The Morgan fingerprint density at radius 1 is 1.07 bits per heavy atom. The van der Waals surface area contributed by atoms with Crippen molar-refractivity contribution in [2.24, 2.45) is 17.6 Å². The first-order chi connectivity index (χ1) is 20.5. The Hall–Kier alpha value is -2.41. The molecule has 0 aromatic heterocycles. The standard InChI is InChI=1S/C31H54N4O8/c1-20(2)11-12-24-30(5,43-24)27-26(39-6)23(13-14-31(27)19-41-31)42-29(38)35-22(21(3)4)18-40-28(37)34-16-10-8-7-9-15-33-25(36)17-32/h11,21-24,26-27H,7-10,12-19,32H2,1-6H3,(H,33,36)(H,34,37)(H,35,38)/t22-,23?,24+,26?,27?,30?,31-/m0/s1. The van der Waals surface area contributed by atoms with Crippen molar-refractivity contribution in [1.29, 1.82) is 0 Å². The van der Waals surface area contributed by atoms with Crippen molar-refractivity contribution < 1.29 is 38.1 Å². The minimum Gasteiger partial charge on any atom is -0.447 e. The molecule has 0 bridgehead atoms. The van der Waals surface area contributed by atoms with E-state index >= 15 is 0 Å². The van der Waals surface area contributed by atoms with Crippen LogP contribution in [0.2, 0.25) is 0 Å². The van der Waals surface area contributed by atoms with Crippen LogP contribution in [0.25, 0.3) is 0 Å². The van der Waals surface area contributed by atoms with E-state index in [1.54, 1.807) is 7.11 Å². The van der Waals surface area contributed by atoms with Crippen molar-refractivity contribution in [3.05, 3.63) is 11.6 Å². The number of hydrogen-bond donors (Lipinski definition) is 4. The summed E-state index contributed by atoms with van der Waals surface area (Å²) in [6.45, 7) is 11.9. The number of carbonyl (C=O) groups excluding carboxylic acids is 3. The maximum Gasteiger partial charge on any atom is 0.407 e. The van der Waals surface area contributed by atoms with Crippen LogP contribution in [0.15, 0.2) is 11.6 Å². The van der Waals surface area contributed by atoms with Crippen LogP contribution in [0.1, 0.15) is 79.6 Å². The van der Waals surface area contributed by atoms with Crippen molar-refractivity contribution in [3.8, 4) is 0 Å². The molecule has 1 aliphatic carbocycles. The maximum atomic E-state index is 13.1. The number of rotatable bonds is 17. The van der Waals surface area contributed by atoms with E-state index in [1.807, 2.05) is 13.8 Å². The number of nitrogens with two attached hydrogens (primary N) is 1. The highest BCUT2D eigenvalue weighted by molar-refractivity contribution is 5.77. The summed E-state index contributed by atoms with van der Waals surface area (Å²) >= 11 is 0. The number of hydrogen-bond acceptors (Lipinski definition) is 9. The third kappa shape index (κ3) is 10.1. The summed E-state index contributed by atoms with van der Waals surface area (Å²) in [5, 5.41) is 8.37. The molecule has 1 spiro atoms. The largest absolute Gasteiger partial charge is 0.447 e. The second-order valence-corrected chi connectivity index (χ2v) is 12.8. The van der Waals surface area contributed by atoms with Gasteiger partial charge < -0.3 is 45.4 Å². The van der Waals surface area contributed by atoms with Gasteiger partial charge in [-0.15, -0.1) is 0 Å². The minimum absolute atomic E-state index is 0.000886. The average molecular weight is 611 g/mol. The Balaban J connectivity index is 1.42. The molecule has 43 heavy (non-hydrogen) atoms. The van der Waals surface area contributed by atoms with E-state index in [1.165, 1.54) is 5.57 Å². The van der Waals surface area contributed by atoms with Gasteiger partial charge >= 0.3 is 12.2 Å². The normalized spacial score (nSPS) is 29.9. The van der Waals surface area contributed by atoms with Gasteiger partial charge in [-0.1, -0.05) is 38.3 Å². The molecule has 0 aromatic carbocycles. The highest BCUT2D eigenvalue weighted by atomic mass is 16.6. The van der Waals surface area contributed by atoms with Gasteiger partial charge in [0, 0.05) is 20.2 Å². The van der Waals surface area contributed by atoms with Gasteiger partial charge in [0.2, 0.25) is 5.91 Å². The molecule has 2 saturated heterocycles. The fourth-order valence-electron chi connectivity index (χ4n) is 6.10. The molecule has 5 N–H and O–H groups in total. The molecule has 0 aromatic rings. The third-order valence-electron chi connectivity index (χ3n) is 8.88. The second-order valence-electron chi connectivity index (χ2n) is 12.8. The molecule has 4 unspecified atom stereocenters. The van der Waals surface area contributed by atoms with Gasteiger partial charge in [-0.3, -0.25) is 4.79 Å². The summed E-state index contributed by atoms with van der Waals surface area (Å²) in [4.78, 5) is 36.4.